The smallest absolute Gasteiger partial charge is 0.295 e. The fourth-order valence-electron chi connectivity index (χ4n) is 0.443. The maximum Gasteiger partial charge on any atom is 0.326 e. The van der Waals surface area contributed by atoms with Crippen LogP contribution in [-0.4, -0.2) is 9.97 Å². The molecule has 0 saturated heterocycles. The van der Waals surface area contributed by atoms with Gasteiger partial charge in [-0.25, -0.2) is 4.79 Å². The van der Waals surface area contributed by atoms with Crippen LogP contribution in [0.1, 0.15) is 0 Å². The minimum Gasteiger partial charge on any atom is -0.295 e. The van der Waals surface area contributed by atoms with Gasteiger partial charge in [-0.05, 0) is 0 Å². The number of halogens is 2. The molecule has 0 bridgehead atoms. The van der Waals surface area contributed by atoms with Gasteiger partial charge in [-0.1, -0.05) is 11.6 Å². The molecule has 0 atom stereocenters. The van der Waals surface area contributed by atoms with Gasteiger partial charge in [0, 0.05) is 0 Å². The van der Waals surface area contributed by atoms with Crippen LogP contribution in [0.25, 0.3) is 0 Å². The first-order chi connectivity index (χ1) is 4.61. The lowest BCUT2D eigenvalue weighted by Crippen LogP contribution is -2.24. The molecule has 0 radical (unpaired) electrons. The van der Waals surface area contributed by atoms with E-state index in [9.17, 15) is 14.0 Å². The lowest BCUT2D eigenvalue weighted by Gasteiger charge is -1.87. The Morgan fingerprint density at radius 1 is 1.30 bits per heavy atom. The van der Waals surface area contributed by atoms with Crippen molar-refractivity contribution in [2.45, 2.75) is 0 Å². The van der Waals surface area contributed by atoms with Gasteiger partial charge in [0.05, 0.1) is 0 Å². The predicted octanol–water partition coefficient (Wildman–Crippen LogP) is -0.144. The van der Waals surface area contributed by atoms with Crippen molar-refractivity contribution < 1.29 is 4.39 Å². The van der Waals surface area contributed by atoms with Crippen LogP contribution in [0.3, 0.4) is 0 Å². The van der Waals surface area contributed by atoms with Gasteiger partial charge in [0.15, 0.2) is 5.15 Å². The third-order valence-corrected chi connectivity index (χ3v) is 1.10. The summed E-state index contributed by atoms with van der Waals surface area (Å²) < 4.78 is 12.3. The zero-order valence-electron chi connectivity index (χ0n) is 4.57. The molecule has 0 amide bonds. The molecule has 10 heavy (non-hydrogen) atoms. The lowest BCUT2D eigenvalue weighted by molar-refractivity contribution is 0.597. The van der Waals surface area contributed by atoms with E-state index in [2.05, 4.69) is 0 Å². The molecule has 0 aromatic carbocycles. The van der Waals surface area contributed by atoms with E-state index in [1.165, 1.54) is 0 Å². The Morgan fingerprint density at radius 2 is 1.90 bits per heavy atom. The van der Waals surface area contributed by atoms with E-state index in [4.69, 9.17) is 11.6 Å². The maximum atomic E-state index is 12.3. The van der Waals surface area contributed by atoms with Crippen LogP contribution < -0.4 is 11.2 Å². The number of rotatable bonds is 0. The van der Waals surface area contributed by atoms with E-state index >= 15 is 0 Å². The summed E-state index contributed by atoms with van der Waals surface area (Å²) in [6.07, 6.45) is 0. The molecule has 0 aliphatic rings. The van der Waals surface area contributed by atoms with Crippen LogP contribution in [0.2, 0.25) is 5.15 Å². The number of hydrogen-bond donors (Lipinski definition) is 2. The molecule has 0 aliphatic heterocycles. The summed E-state index contributed by atoms with van der Waals surface area (Å²) in [5, 5.41) is -0.575. The third-order valence-electron chi connectivity index (χ3n) is 0.842. The summed E-state index contributed by atoms with van der Waals surface area (Å²) in [4.78, 5) is 24.1. The molecule has 54 valence electrons. The molecular formula is C4H2ClFN2O2. The first-order valence-electron chi connectivity index (χ1n) is 2.29. The van der Waals surface area contributed by atoms with Gasteiger partial charge >= 0.3 is 5.69 Å². The maximum absolute atomic E-state index is 12.3. The van der Waals surface area contributed by atoms with Gasteiger partial charge in [0.1, 0.15) is 0 Å². The lowest BCUT2D eigenvalue weighted by atomic mass is 10.6. The standard InChI is InChI=1S/C4H2ClFN2O2/c5-2-1(6)3(9)8-4(10)7-2/h(H2,7,8,9,10). The van der Waals surface area contributed by atoms with Crippen molar-refractivity contribution in [1.82, 2.24) is 9.97 Å². The van der Waals surface area contributed by atoms with Gasteiger partial charge in [-0.2, -0.15) is 4.39 Å². The van der Waals surface area contributed by atoms with Crippen LogP contribution in [-0.2, 0) is 0 Å². The Kier molecular flexibility index (Phi) is 1.58. The molecule has 0 fully saturated rings. The van der Waals surface area contributed by atoms with Crippen LogP contribution in [0, 0.1) is 5.82 Å². The van der Waals surface area contributed by atoms with Crippen molar-refractivity contribution in [3.63, 3.8) is 0 Å². The number of H-pyrrole nitrogens is 2. The van der Waals surface area contributed by atoms with Crippen LogP contribution in [0.5, 0.6) is 0 Å². The van der Waals surface area contributed by atoms with Crippen LogP contribution >= 0.6 is 11.6 Å². The van der Waals surface area contributed by atoms with Crippen molar-refractivity contribution in [3.05, 3.63) is 31.8 Å². The highest BCUT2D eigenvalue weighted by Crippen LogP contribution is 2.00. The molecule has 6 heteroatoms. The highest BCUT2D eigenvalue weighted by Gasteiger charge is 2.03. The van der Waals surface area contributed by atoms with Crippen molar-refractivity contribution in [3.8, 4) is 0 Å². The topological polar surface area (TPSA) is 65.7 Å². The third kappa shape index (κ3) is 1.08. The molecular weight excluding hydrogens is 163 g/mol. The Morgan fingerprint density at radius 3 is 2.40 bits per heavy atom. The average Bonchev–Trinajstić information content (AvgIpc) is 1.82. The first kappa shape index (κ1) is 7.01. The van der Waals surface area contributed by atoms with E-state index in [0.29, 0.717) is 0 Å². The number of aromatic amines is 2. The summed E-state index contributed by atoms with van der Waals surface area (Å²) in [5.41, 5.74) is -1.94. The van der Waals surface area contributed by atoms with Crippen molar-refractivity contribution in [1.29, 1.82) is 0 Å². The quantitative estimate of drug-likeness (QED) is 0.524. The van der Waals surface area contributed by atoms with Crippen LogP contribution in [0.15, 0.2) is 9.59 Å². The molecule has 1 rings (SSSR count). The molecule has 0 saturated carbocycles. The molecule has 0 spiro atoms. The zero-order valence-corrected chi connectivity index (χ0v) is 5.33. The van der Waals surface area contributed by atoms with Crippen LogP contribution in [0.4, 0.5) is 4.39 Å². The van der Waals surface area contributed by atoms with Gasteiger partial charge in [-0.15, -0.1) is 0 Å². The summed E-state index contributed by atoms with van der Waals surface area (Å²) in [6.45, 7) is 0. The van der Waals surface area contributed by atoms with E-state index in [-0.39, 0.29) is 0 Å². The second kappa shape index (κ2) is 2.26. The van der Waals surface area contributed by atoms with Crippen molar-refractivity contribution >= 4 is 11.6 Å². The van der Waals surface area contributed by atoms with Gasteiger partial charge in [0.2, 0.25) is 5.82 Å². The average molecular weight is 165 g/mol. The second-order valence-electron chi connectivity index (χ2n) is 1.54. The van der Waals surface area contributed by atoms with Crippen molar-refractivity contribution in [2.24, 2.45) is 0 Å². The fourth-order valence-corrected chi connectivity index (χ4v) is 0.615. The molecule has 4 nitrogen and oxygen atoms in total. The first-order valence-corrected chi connectivity index (χ1v) is 2.66. The minimum absolute atomic E-state index is 0.575. The summed E-state index contributed by atoms with van der Waals surface area (Å²) in [6, 6.07) is 0. The fraction of sp³-hybridized carbons (Fsp3) is 0. The monoisotopic (exact) mass is 164 g/mol. The van der Waals surface area contributed by atoms with Gasteiger partial charge in [0.25, 0.3) is 5.56 Å². The summed E-state index contributed by atoms with van der Waals surface area (Å²) in [7, 11) is 0. The normalized spacial score (nSPS) is 9.80. The second-order valence-corrected chi connectivity index (χ2v) is 1.91. The van der Waals surface area contributed by atoms with E-state index in [1.807, 2.05) is 4.98 Å². The minimum atomic E-state index is -1.18. The van der Waals surface area contributed by atoms with E-state index in [1.54, 1.807) is 4.98 Å². The summed E-state index contributed by atoms with van der Waals surface area (Å²) in [5.74, 6) is -1.18. The highest BCUT2D eigenvalue weighted by molar-refractivity contribution is 6.29. The summed E-state index contributed by atoms with van der Waals surface area (Å²) >= 11 is 5.07. The number of hydrogen-bond acceptors (Lipinski definition) is 2. The van der Waals surface area contributed by atoms with E-state index < -0.39 is 22.2 Å². The Hall–Kier alpha value is -1.10. The van der Waals surface area contributed by atoms with Crippen molar-refractivity contribution in [2.75, 3.05) is 0 Å². The SMILES string of the molecule is O=c1[nH]c(Cl)c(F)c(=O)[nH]1. The Balaban J connectivity index is 3.62. The largest absolute Gasteiger partial charge is 0.326 e. The van der Waals surface area contributed by atoms with E-state index in [0.717, 1.165) is 0 Å². The molecule has 0 unspecified atom stereocenters. The molecule has 1 aromatic heterocycles. The van der Waals surface area contributed by atoms with Gasteiger partial charge in [-0.3, -0.25) is 14.8 Å². The molecule has 0 aliphatic carbocycles. The number of aromatic nitrogens is 2. The Bertz CT molecular complexity index is 355. The Labute approximate surface area is 58.7 Å². The number of nitrogens with one attached hydrogen (secondary N) is 2. The van der Waals surface area contributed by atoms with Gasteiger partial charge < -0.3 is 0 Å². The molecule has 1 aromatic rings. The molecule has 1 heterocycles. The zero-order chi connectivity index (χ0) is 7.72. The predicted molar refractivity (Wildman–Crippen MR) is 32.7 cm³/mol. The molecule has 2 N–H and O–H groups in total. The highest BCUT2D eigenvalue weighted by atomic mass is 35.5.